The minimum atomic E-state index is -3.09. The molecule has 0 radical (unpaired) electrons. The summed E-state index contributed by atoms with van der Waals surface area (Å²) in [6, 6.07) is 11.7. The van der Waals surface area contributed by atoms with Gasteiger partial charge in [-0.2, -0.15) is 5.26 Å². The van der Waals surface area contributed by atoms with Crippen LogP contribution in [0.25, 0.3) is 0 Å². The van der Waals surface area contributed by atoms with Crippen molar-refractivity contribution in [2.45, 2.75) is 31.2 Å². The SMILES string of the molecule is C[C@H](c1ccccc1)c1cnccc1C(=O)NCC(=O)N1CC(F)(F)CC1C#N. The van der Waals surface area contributed by atoms with Crippen LogP contribution in [0.5, 0.6) is 0 Å². The second kappa shape index (κ2) is 8.35. The average Bonchev–Trinajstić information content (AvgIpc) is 3.06. The highest BCUT2D eigenvalue weighted by atomic mass is 19.3. The molecule has 2 heterocycles. The van der Waals surface area contributed by atoms with Crippen LogP contribution >= 0.6 is 0 Å². The smallest absolute Gasteiger partial charge is 0.268 e. The van der Waals surface area contributed by atoms with E-state index >= 15 is 0 Å². The van der Waals surface area contributed by atoms with Gasteiger partial charge in [-0.15, -0.1) is 0 Å². The number of alkyl halides is 2. The van der Waals surface area contributed by atoms with Gasteiger partial charge in [0.25, 0.3) is 11.8 Å². The average molecular weight is 398 g/mol. The Morgan fingerprint density at radius 3 is 2.76 bits per heavy atom. The van der Waals surface area contributed by atoms with Gasteiger partial charge in [0.1, 0.15) is 6.04 Å². The Bertz CT molecular complexity index is 943. The Balaban J connectivity index is 1.71. The van der Waals surface area contributed by atoms with Crippen molar-refractivity contribution >= 4 is 11.8 Å². The van der Waals surface area contributed by atoms with Crippen LogP contribution in [0, 0.1) is 11.3 Å². The number of pyridine rings is 1. The number of rotatable bonds is 5. The molecular weight excluding hydrogens is 378 g/mol. The summed E-state index contributed by atoms with van der Waals surface area (Å²) >= 11 is 0. The number of hydrogen-bond donors (Lipinski definition) is 1. The van der Waals surface area contributed by atoms with E-state index in [1.54, 1.807) is 18.3 Å². The van der Waals surface area contributed by atoms with Gasteiger partial charge in [0.2, 0.25) is 5.91 Å². The van der Waals surface area contributed by atoms with Crippen molar-refractivity contribution in [1.82, 2.24) is 15.2 Å². The van der Waals surface area contributed by atoms with Crippen LogP contribution in [0.3, 0.4) is 0 Å². The van der Waals surface area contributed by atoms with E-state index in [4.69, 9.17) is 5.26 Å². The molecule has 6 nitrogen and oxygen atoms in total. The summed E-state index contributed by atoms with van der Waals surface area (Å²) < 4.78 is 27.0. The molecule has 0 spiro atoms. The molecule has 1 N–H and O–H groups in total. The number of likely N-dealkylation sites (tertiary alicyclic amines) is 1. The number of amides is 2. The van der Waals surface area contributed by atoms with Crippen molar-refractivity contribution in [2.75, 3.05) is 13.1 Å². The summed E-state index contributed by atoms with van der Waals surface area (Å²) in [6.07, 6.45) is 2.39. The van der Waals surface area contributed by atoms with Gasteiger partial charge in [0, 0.05) is 30.3 Å². The topological polar surface area (TPSA) is 86.1 Å². The van der Waals surface area contributed by atoms with E-state index in [2.05, 4.69) is 10.3 Å². The molecule has 0 bridgehead atoms. The summed E-state index contributed by atoms with van der Waals surface area (Å²) in [5.74, 6) is -4.42. The quantitative estimate of drug-likeness (QED) is 0.839. The Morgan fingerprint density at radius 1 is 1.34 bits per heavy atom. The van der Waals surface area contributed by atoms with Crippen LogP contribution in [0.1, 0.15) is 40.7 Å². The second-order valence-electron chi connectivity index (χ2n) is 7.00. The monoisotopic (exact) mass is 398 g/mol. The Labute approximate surface area is 167 Å². The van der Waals surface area contributed by atoms with Crippen molar-refractivity contribution in [3.8, 4) is 6.07 Å². The largest absolute Gasteiger partial charge is 0.343 e. The molecule has 1 fully saturated rings. The molecule has 1 aliphatic rings. The number of hydrogen-bond acceptors (Lipinski definition) is 4. The first-order valence-corrected chi connectivity index (χ1v) is 9.16. The first kappa shape index (κ1) is 20.4. The van der Waals surface area contributed by atoms with E-state index in [0.29, 0.717) is 11.1 Å². The van der Waals surface area contributed by atoms with Gasteiger partial charge in [-0.05, 0) is 17.2 Å². The molecule has 0 aliphatic carbocycles. The summed E-state index contributed by atoms with van der Waals surface area (Å²) in [5.41, 5.74) is 2.04. The maximum absolute atomic E-state index is 13.5. The third kappa shape index (κ3) is 4.57. The van der Waals surface area contributed by atoms with Crippen LogP contribution in [-0.4, -0.2) is 46.8 Å². The van der Waals surface area contributed by atoms with Gasteiger partial charge in [0.15, 0.2) is 0 Å². The van der Waals surface area contributed by atoms with Crippen LogP contribution in [0.2, 0.25) is 0 Å². The van der Waals surface area contributed by atoms with E-state index in [9.17, 15) is 18.4 Å². The first-order chi connectivity index (χ1) is 13.8. The van der Waals surface area contributed by atoms with Crippen LogP contribution in [0.4, 0.5) is 8.78 Å². The lowest BCUT2D eigenvalue weighted by Crippen LogP contribution is -2.43. The molecule has 2 atom stereocenters. The maximum Gasteiger partial charge on any atom is 0.268 e. The molecule has 1 unspecified atom stereocenters. The molecular formula is C21H20F2N4O2. The Kier molecular flexibility index (Phi) is 5.87. The molecule has 150 valence electrons. The van der Waals surface area contributed by atoms with Gasteiger partial charge < -0.3 is 10.2 Å². The predicted molar refractivity (Wildman–Crippen MR) is 101 cm³/mol. The first-order valence-electron chi connectivity index (χ1n) is 9.16. The van der Waals surface area contributed by atoms with Gasteiger partial charge in [-0.25, -0.2) is 8.78 Å². The van der Waals surface area contributed by atoms with Gasteiger partial charge in [-0.3, -0.25) is 14.6 Å². The van der Waals surface area contributed by atoms with Crippen molar-refractivity contribution in [3.05, 3.63) is 65.5 Å². The maximum atomic E-state index is 13.5. The number of benzene rings is 1. The van der Waals surface area contributed by atoms with E-state index in [-0.39, 0.29) is 5.92 Å². The van der Waals surface area contributed by atoms with Gasteiger partial charge in [0.05, 0.1) is 19.2 Å². The van der Waals surface area contributed by atoms with Crippen LogP contribution in [0.15, 0.2) is 48.8 Å². The van der Waals surface area contributed by atoms with Crippen molar-refractivity contribution in [1.29, 1.82) is 5.26 Å². The lowest BCUT2D eigenvalue weighted by atomic mass is 9.91. The number of nitrogens with one attached hydrogen (secondary N) is 1. The summed E-state index contributed by atoms with van der Waals surface area (Å²) in [6.45, 7) is 0.665. The van der Waals surface area contributed by atoms with Crippen LogP contribution in [-0.2, 0) is 4.79 Å². The molecule has 2 amide bonds. The number of nitriles is 1. The van der Waals surface area contributed by atoms with Crippen LogP contribution < -0.4 is 5.32 Å². The molecule has 2 aromatic rings. The third-order valence-electron chi connectivity index (χ3n) is 5.00. The highest BCUT2D eigenvalue weighted by Gasteiger charge is 2.47. The Morgan fingerprint density at radius 2 is 2.07 bits per heavy atom. The molecule has 1 saturated heterocycles. The zero-order valence-electron chi connectivity index (χ0n) is 15.8. The van der Waals surface area contributed by atoms with Crippen molar-refractivity contribution in [3.63, 3.8) is 0 Å². The fourth-order valence-electron chi connectivity index (χ4n) is 3.43. The lowest BCUT2D eigenvalue weighted by Gasteiger charge is -2.20. The summed E-state index contributed by atoms with van der Waals surface area (Å²) in [5, 5.41) is 11.5. The standard InChI is InChI=1S/C21H20F2N4O2/c1-14(15-5-3-2-4-6-15)18-11-25-8-7-17(18)20(29)26-12-19(28)27-13-21(22,23)9-16(27)10-24/h2-8,11,14,16H,9,12-13H2,1H3,(H,26,29)/t14-,16?/m1/s1. The number of halogens is 2. The zero-order chi connectivity index (χ0) is 21.0. The summed E-state index contributed by atoms with van der Waals surface area (Å²) in [7, 11) is 0. The molecule has 3 rings (SSSR count). The normalized spacial score (nSPS) is 18.7. The fraction of sp³-hybridized carbons (Fsp3) is 0.333. The number of aromatic nitrogens is 1. The van der Waals surface area contributed by atoms with E-state index in [1.165, 1.54) is 6.20 Å². The van der Waals surface area contributed by atoms with Gasteiger partial charge >= 0.3 is 0 Å². The predicted octanol–water partition coefficient (Wildman–Crippen LogP) is 2.72. The number of nitrogens with zero attached hydrogens (tertiary/aromatic N) is 3. The highest BCUT2D eigenvalue weighted by Crippen LogP contribution is 2.31. The zero-order valence-corrected chi connectivity index (χ0v) is 15.8. The van der Waals surface area contributed by atoms with E-state index in [0.717, 1.165) is 10.5 Å². The molecule has 1 aromatic heterocycles. The fourth-order valence-corrected chi connectivity index (χ4v) is 3.43. The molecule has 1 aliphatic heterocycles. The van der Waals surface area contributed by atoms with E-state index < -0.39 is 43.3 Å². The second-order valence-corrected chi connectivity index (χ2v) is 7.00. The minimum absolute atomic E-state index is 0.110. The Hall–Kier alpha value is -3.34. The minimum Gasteiger partial charge on any atom is -0.343 e. The molecule has 1 aromatic carbocycles. The molecule has 29 heavy (non-hydrogen) atoms. The number of carbonyl (C=O) groups excluding carboxylic acids is 2. The van der Waals surface area contributed by atoms with E-state index in [1.807, 2.05) is 37.3 Å². The summed E-state index contributed by atoms with van der Waals surface area (Å²) in [4.78, 5) is 29.9. The van der Waals surface area contributed by atoms with Crippen molar-refractivity contribution < 1.29 is 18.4 Å². The van der Waals surface area contributed by atoms with Gasteiger partial charge in [-0.1, -0.05) is 37.3 Å². The highest BCUT2D eigenvalue weighted by molar-refractivity contribution is 5.98. The number of carbonyl (C=O) groups is 2. The van der Waals surface area contributed by atoms with Crippen molar-refractivity contribution in [2.24, 2.45) is 0 Å². The molecule has 8 heteroatoms. The molecule has 0 saturated carbocycles. The lowest BCUT2D eigenvalue weighted by molar-refractivity contribution is -0.131. The third-order valence-corrected chi connectivity index (χ3v) is 5.00.